The lowest BCUT2D eigenvalue weighted by molar-refractivity contribution is -0.161. The summed E-state index contributed by atoms with van der Waals surface area (Å²) in [7, 11) is 3.88. The van der Waals surface area contributed by atoms with Gasteiger partial charge in [0.2, 0.25) is 6.10 Å². The van der Waals surface area contributed by atoms with Crippen LogP contribution in [0.3, 0.4) is 0 Å². The summed E-state index contributed by atoms with van der Waals surface area (Å²) >= 11 is 0. The molecule has 0 heterocycles. The first kappa shape index (κ1) is 52.2. The minimum atomic E-state index is -1.37. The Balaban J connectivity index is 4.12. The van der Waals surface area contributed by atoms with Gasteiger partial charge in [-0.2, -0.15) is 0 Å². The molecule has 0 fully saturated rings. The third-order valence-corrected chi connectivity index (χ3v) is 10.3. The quantitative estimate of drug-likeness (QED) is 0.0344. The molecule has 0 aliphatic rings. The van der Waals surface area contributed by atoms with Gasteiger partial charge in [-0.15, -0.1) is 0 Å². The Morgan fingerprint density at radius 3 is 1.07 bits per heavy atom. The SMILES string of the molecule is CCCCCCCCCCCCCCCCCCOC(=O)C[C@H](OC(=O)OCCCN(C)C)C(=O)OCCCCCCCCCCCCCCCCCC. The number of unbranched alkanes of at least 4 members (excludes halogenated alkanes) is 30. The smallest absolute Gasteiger partial charge is 0.466 e. The van der Waals surface area contributed by atoms with Crippen LogP contribution in [0.2, 0.25) is 0 Å². The van der Waals surface area contributed by atoms with Gasteiger partial charge in [0.1, 0.15) is 0 Å². The number of nitrogens with zero attached hydrogens (tertiary/aromatic N) is 1. The number of carbonyl (C=O) groups excluding carboxylic acids is 3. The van der Waals surface area contributed by atoms with Crippen molar-refractivity contribution in [1.29, 1.82) is 0 Å². The van der Waals surface area contributed by atoms with Gasteiger partial charge in [0, 0.05) is 6.54 Å². The molecule has 0 unspecified atom stereocenters. The van der Waals surface area contributed by atoms with Crippen LogP contribution in [0.25, 0.3) is 0 Å². The van der Waals surface area contributed by atoms with Crippen molar-refractivity contribution in [3.8, 4) is 0 Å². The molecule has 8 heteroatoms. The normalized spacial score (nSPS) is 11.9. The van der Waals surface area contributed by atoms with Crippen molar-refractivity contribution < 1.29 is 33.3 Å². The lowest BCUT2D eigenvalue weighted by Gasteiger charge is -2.17. The van der Waals surface area contributed by atoms with Crippen LogP contribution in [-0.4, -0.2) is 69.6 Å². The van der Waals surface area contributed by atoms with Crippen molar-refractivity contribution in [2.45, 2.75) is 238 Å². The average molecular weight is 768 g/mol. The van der Waals surface area contributed by atoms with Gasteiger partial charge < -0.3 is 23.8 Å². The number of rotatable bonds is 42. The Bertz CT molecular complexity index is 821. The van der Waals surface area contributed by atoms with Gasteiger partial charge in [0.25, 0.3) is 0 Å². The number of esters is 2. The standard InChI is InChI=1S/C46H89NO7/c1-5-7-9-11-13-15-17-19-21-23-25-27-29-31-33-35-39-51-44(48)42-43(54-46(50)53-41-37-38-47(3)4)45(49)52-40-36-34-32-30-28-26-24-22-20-18-16-14-12-10-8-6-2/h43H,5-42H2,1-4H3/t43-/m0/s1. The topological polar surface area (TPSA) is 91.4 Å². The maximum absolute atomic E-state index is 12.9. The van der Waals surface area contributed by atoms with E-state index in [-0.39, 0.29) is 19.6 Å². The Morgan fingerprint density at radius 2 is 0.722 bits per heavy atom. The summed E-state index contributed by atoms with van der Waals surface area (Å²) in [5.41, 5.74) is 0. The molecule has 8 nitrogen and oxygen atoms in total. The van der Waals surface area contributed by atoms with Gasteiger partial charge in [-0.25, -0.2) is 9.59 Å². The molecule has 0 saturated heterocycles. The van der Waals surface area contributed by atoms with Crippen molar-refractivity contribution in [1.82, 2.24) is 4.90 Å². The molecule has 0 aromatic carbocycles. The summed E-state index contributed by atoms with van der Waals surface area (Å²) in [5.74, 6) is -1.29. The average Bonchev–Trinajstić information content (AvgIpc) is 3.15. The second-order valence-corrected chi connectivity index (χ2v) is 16.1. The maximum atomic E-state index is 12.9. The van der Waals surface area contributed by atoms with E-state index < -0.39 is 24.2 Å². The fraction of sp³-hybridized carbons (Fsp3) is 0.935. The van der Waals surface area contributed by atoms with E-state index in [2.05, 4.69) is 13.8 Å². The van der Waals surface area contributed by atoms with Gasteiger partial charge in [0.05, 0.1) is 26.2 Å². The van der Waals surface area contributed by atoms with Crippen LogP contribution in [0.5, 0.6) is 0 Å². The van der Waals surface area contributed by atoms with Crippen LogP contribution >= 0.6 is 0 Å². The number of hydrogen-bond acceptors (Lipinski definition) is 8. The highest BCUT2D eigenvalue weighted by Gasteiger charge is 2.29. The maximum Gasteiger partial charge on any atom is 0.509 e. The van der Waals surface area contributed by atoms with Crippen molar-refractivity contribution in [2.75, 3.05) is 40.5 Å². The highest BCUT2D eigenvalue weighted by molar-refractivity contribution is 5.83. The molecule has 0 saturated carbocycles. The molecule has 0 N–H and O–H groups in total. The monoisotopic (exact) mass is 768 g/mol. The Hall–Kier alpha value is -1.83. The van der Waals surface area contributed by atoms with E-state index in [1.807, 2.05) is 19.0 Å². The van der Waals surface area contributed by atoms with Crippen LogP contribution in [0, 0.1) is 0 Å². The van der Waals surface area contributed by atoms with E-state index in [0.717, 1.165) is 45.1 Å². The van der Waals surface area contributed by atoms with E-state index in [1.165, 1.54) is 167 Å². The molecule has 0 aromatic heterocycles. The largest absolute Gasteiger partial charge is 0.509 e. The third-order valence-electron chi connectivity index (χ3n) is 10.3. The third kappa shape index (κ3) is 39.9. The lowest BCUT2D eigenvalue weighted by atomic mass is 10.0. The second-order valence-electron chi connectivity index (χ2n) is 16.1. The zero-order valence-corrected chi connectivity index (χ0v) is 36.3. The fourth-order valence-corrected chi connectivity index (χ4v) is 6.82. The van der Waals surface area contributed by atoms with Crippen molar-refractivity contribution >= 4 is 18.1 Å². The first-order valence-electron chi connectivity index (χ1n) is 23.2. The minimum absolute atomic E-state index is 0.168. The van der Waals surface area contributed by atoms with E-state index in [9.17, 15) is 14.4 Å². The van der Waals surface area contributed by atoms with Crippen molar-refractivity contribution in [3.05, 3.63) is 0 Å². The van der Waals surface area contributed by atoms with E-state index in [4.69, 9.17) is 18.9 Å². The predicted molar refractivity (Wildman–Crippen MR) is 225 cm³/mol. The van der Waals surface area contributed by atoms with Crippen LogP contribution in [-0.2, 0) is 28.5 Å². The molecule has 0 radical (unpaired) electrons. The van der Waals surface area contributed by atoms with Crippen LogP contribution in [0.4, 0.5) is 4.79 Å². The first-order valence-corrected chi connectivity index (χ1v) is 23.2. The number of hydrogen-bond donors (Lipinski definition) is 0. The number of ether oxygens (including phenoxy) is 4. The molecule has 54 heavy (non-hydrogen) atoms. The van der Waals surface area contributed by atoms with E-state index in [0.29, 0.717) is 13.0 Å². The molecule has 0 rings (SSSR count). The Labute approximate surface area is 334 Å². The molecular weight excluding hydrogens is 679 g/mol. The van der Waals surface area contributed by atoms with Gasteiger partial charge in [0.15, 0.2) is 0 Å². The van der Waals surface area contributed by atoms with Gasteiger partial charge in [-0.1, -0.05) is 206 Å². The molecule has 320 valence electrons. The summed E-state index contributed by atoms with van der Waals surface area (Å²) in [4.78, 5) is 39.8. The highest BCUT2D eigenvalue weighted by atomic mass is 16.7. The Kier molecular flexibility index (Phi) is 40.9. The lowest BCUT2D eigenvalue weighted by Crippen LogP contribution is -2.33. The molecule has 1 atom stereocenters. The van der Waals surface area contributed by atoms with E-state index >= 15 is 0 Å². The summed E-state index contributed by atoms with van der Waals surface area (Å²) in [5, 5.41) is 0. The zero-order chi connectivity index (χ0) is 39.6. The van der Waals surface area contributed by atoms with Gasteiger partial charge in [-0.3, -0.25) is 4.79 Å². The molecule has 0 aliphatic carbocycles. The molecule has 0 aromatic rings. The first-order chi connectivity index (χ1) is 26.4. The summed E-state index contributed by atoms with van der Waals surface area (Å²) in [6.45, 7) is 6.00. The van der Waals surface area contributed by atoms with Crippen LogP contribution < -0.4 is 0 Å². The summed E-state index contributed by atoms with van der Waals surface area (Å²) in [6.07, 6.45) is 38.7. The second kappa shape index (κ2) is 42.3. The van der Waals surface area contributed by atoms with Crippen LogP contribution in [0.15, 0.2) is 0 Å². The molecule has 0 aliphatic heterocycles. The van der Waals surface area contributed by atoms with Crippen molar-refractivity contribution in [2.24, 2.45) is 0 Å². The van der Waals surface area contributed by atoms with Gasteiger partial charge in [-0.05, 0) is 33.4 Å². The zero-order valence-electron chi connectivity index (χ0n) is 36.3. The summed E-state index contributed by atoms with van der Waals surface area (Å²) < 4.78 is 21.2. The highest BCUT2D eigenvalue weighted by Crippen LogP contribution is 2.16. The van der Waals surface area contributed by atoms with E-state index in [1.54, 1.807) is 0 Å². The molecular formula is C46H89NO7. The van der Waals surface area contributed by atoms with Gasteiger partial charge >= 0.3 is 18.1 Å². The van der Waals surface area contributed by atoms with Crippen molar-refractivity contribution in [3.63, 3.8) is 0 Å². The predicted octanol–water partition coefficient (Wildman–Crippen LogP) is 13.5. The fourth-order valence-electron chi connectivity index (χ4n) is 6.82. The minimum Gasteiger partial charge on any atom is -0.466 e. The Morgan fingerprint density at radius 1 is 0.407 bits per heavy atom. The van der Waals surface area contributed by atoms with Crippen LogP contribution in [0.1, 0.15) is 232 Å². The molecule has 0 bridgehead atoms. The molecule has 0 spiro atoms. The number of carbonyl (C=O) groups is 3. The summed E-state index contributed by atoms with van der Waals surface area (Å²) in [6, 6.07) is 0. The molecule has 0 amide bonds.